The smallest absolute Gasteiger partial charge is 0.313 e. The Morgan fingerprint density at radius 2 is 1.98 bits per heavy atom. The first-order chi connectivity index (χ1) is 20.2. The highest BCUT2D eigenvalue weighted by atomic mass is 19.1. The van der Waals surface area contributed by atoms with E-state index in [0.717, 1.165) is 22.1 Å². The van der Waals surface area contributed by atoms with Crippen LogP contribution >= 0.6 is 0 Å². The number of hydrogen-bond acceptors (Lipinski definition) is 7. The van der Waals surface area contributed by atoms with Crippen LogP contribution in [0.15, 0.2) is 41.2 Å². The number of esters is 1. The van der Waals surface area contributed by atoms with Gasteiger partial charge in [0.05, 0.1) is 41.0 Å². The van der Waals surface area contributed by atoms with Crippen LogP contribution in [-0.4, -0.2) is 26.5 Å². The molecule has 3 aliphatic rings. The van der Waals surface area contributed by atoms with Crippen LogP contribution in [0.5, 0.6) is 0 Å². The average Bonchev–Trinajstić information content (AvgIpc) is 3.35. The molecule has 2 aromatic carbocycles. The zero-order chi connectivity index (χ0) is 29.4. The lowest BCUT2D eigenvalue weighted by molar-refractivity contribution is -0.148. The number of anilines is 1. The predicted molar refractivity (Wildman–Crippen MR) is 153 cm³/mol. The SMILES string of the molecule is CCC1C(=O)OCc2c1cc1n(c2=O)Cc2c-1nc1cc(F)c(C)c3c1c2C(NC(=O)C(O)c1ccc(N)cc1)CC3. The standard InChI is InChI=1S/C32H29FN4O5/c1-3-17-19-10-25-28-20(12-37(25)31(40)21(19)13-42-32(17)41)27-23(36-30(39)29(38)15-4-6-16(34)7-5-15)9-8-18-14(2)22(33)11-24(35-28)26(18)27/h4-7,10-11,17,23,29,38H,3,8-9,12-13,34H2,1-2H3,(H,36,39). The molecule has 2 aromatic heterocycles. The third kappa shape index (κ3) is 3.78. The highest BCUT2D eigenvalue weighted by Gasteiger charge is 2.38. The summed E-state index contributed by atoms with van der Waals surface area (Å²) >= 11 is 0. The molecule has 7 rings (SSSR count). The second-order valence-corrected chi connectivity index (χ2v) is 11.3. The lowest BCUT2D eigenvalue weighted by atomic mass is 9.81. The maximum absolute atomic E-state index is 15.1. The van der Waals surface area contributed by atoms with Gasteiger partial charge in [0.2, 0.25) is 0 Å². The third-order valence-corrected chi connectivity index (χ3v) is 9.01. The second-order valence-electron chi connectivity index (χ2n) is 11.3. The molecule has 0 bridgehead atoms. The number of fused-ring (bicyclic) bond motifs is 5. The number of aliphatic hydroxyl groups excluding tert-OH is 1. The summed E-state index contributed by atoms with van der Waals surface area (Å²) in [5.41, 5.74) is 12.0. The number of nitrogens with one attached hydrogen (secondary N) is 1. The van der Waals surface area contributed by atoms with E-state index >= 15 is 4.39 Å². The molecular weight excluding hydrogens is 539 g/mol. The molecule has 0 spiro atoms. The minimum atomic E-state index is -1.41. The topological polar surface area (TPSA) is 137 Å². The Balaban J connectivity index is 1.39. The summed E-state index contributed by atoms with van der Waals surface area (Å²) in [6.07, 6.45) is 0.0544. The predicted octanol–water partition coefficient (Wildman–Crippen LogP) is 3.84. The summed E-state index contributed by atoms with van der Waals surface area (Å²) in [5, 5.41) is 14.6. The Bertz CT molecular complexity index is 1900. The van der Waals surface area contributed by atoms with E-state index < -0.39 is 24.0 Å². The van der Waals surface area contributed by atoms with E-state index in [0.29, 0.717) is 64.1 Å². The van der Waals surface area contributed by atoms with Gasteiger partial charge in [0.15, 0.2) is 6.10 Å². The molecule has 4 N–H and O–H groups in total. The Kier molecular flexibility index (Phi) is 5.95. The summed E-state index contributed by atoms with van der Waals surface area (Å²) in [7, 11) is 0. The third-order valence-electron chi connectivity index (χ3n) is 9.01. The monoisotopic (exact) mass is 568 g/mol. The van der Waals surface area contributed by atoms with Gasteiger partial charge in [-0.15, -0.1) is 0 Å². The summed E-state index contributed by atoms with van der Waals surface area (Å²) < 4.78 is 22.0. The Hall–Kier alpha value is -4.57. The minimum absolute atomic E-state index is 0.0847. The Morgan fingerprint density at radius 1 is 1.21 bits per heavy atom. The number of nitrogens with zero attached hydrogens (tertiary/aromatic N) is 2. The number of carbonyl (C=O) groups excluding carboxylic acids is 2. The van der Waals surface area contributed by atoms with Crippen molar-refractivity contribution in [1.82, 2.24) is 14.9 Å². The Morgan fingerprint density at radius 3 is 2.71 bits per heavy atom. The van der Waals surface area contributed by atoms with Gasteiger partial charge in [-0.2, -0.15) is 0 Å². The van der Waals surface area contributed by atoms with E-state index in [1.807, 2.05) is 13.0 Å². The number of rotatable bonds is 4. The van der Waals surface area contributed by atoms with E-state index in [2.05, 4.69) is 5.32 Å². The zero-order valence-corrected chi connectivity index (χ0v) is 23.2. The van der Waals surface area contributed by atoms with E-state index in [9.17, 15) is 19.5 Å². The normalized spacial score (nSPS) is 19.1. The first-order valence-electron chi connectivity index (χ1n) is 14.1. The number of ether oxygens (including phenoxy) is 1. The van der Waals surface area contributed by atoms with Crippen LogP contribution in [0, 0.1) is 12.7 Å². The van der Waals surface area contributed by atoms with Crippen LogP contribution in [0.2, 0.25) is 0 Å². The van der Waals surface area contributed by atoms with Gasteiger partial charge in [0.25, 0.3) is 11.5 Å². The number of nitrogens with two attached hydrogens (primary N) is 1. The average molecular weight is 569 g/mol. The molecule has 4 heterocycles. The van der Waals surface area contributed by atoms with Crippen molar-refractivity contribution in [3.05, 3.63) is 91.5 Å². The molecule has 3 unspecified atom stereocenters. The van der Waals surface area contributed by atoms with Gasteiger partial charge < -0.3 is 25.5 Å². The molecule has 9 nitrogen and oxygen atoms in total. The molecule has 0 saturated heterocycles. The number of nitrogen functional groups attached to an aromatic ring is 1. The molecule has 1 amide bonds. The van der Waals surface area contributed by atoms with E-state index in [4.69, 9.17) is 15.5 Å². The van der Waals surface area contributed by atoms with Crippen LogP contribution in [0.4, 0.5) is 10.1 Å². The fraction of sp³-hybridized carbons (Fsp3) is 0.312. The van der Waals surface area contributed by atoms with Crippen molar-refractivity contribution in [3.63, 3.8) is 0 Å². The first-order valence-corrected chi connectivity index (χ1v) is 14.1. The lowest BCUT2D eigenvalue weighted by Gasteiger charge is -2.30. The first kappa shape index (κ1) is 26.3. The fourth-order valence-corrected chi connectivity index (χ4v) is 6.80. The van der Waals surface area contributed by atoms with Crippen LogP contribution in [0.1, 0.15) is 76.8 Å². The number of carbonyl (C=O) groups is 2. The van der Waals surface area contributed by atoms with E-state index in [-0.39, 0.29) is 30.5 Å². The number of aromatic nitrogens is 2. The number of hydrogen-bond donors (Lipinski definition) is 3. The van der Waals surface area contributed by atoms with Crippen LogP contribution in [0.25, 0.3) is 22.3 Å². The summed E-state index contributed by atoms with van der Waals surface area (Å²) in [6.45, 7) is 3.73. The zero-order valence-electron chi connectivity index (χ0n) is 23.2. The molecule has 42 heavy (non-hydrogen) atoms. The van der Waals surface area contributed by atoms with Gasteiger partial charge in [-0.05, 0) is 72.2 Å². The number of benzene rings is 2. The quantitative estimate of drug-likeness (QED) is 0.221. The minimum Gasteiger partial charge on any atom is -0.460 e. The largest absolute Gasteiger partial charge is 0.460 e. The summed E-state index contributed by atoms with van der Waals surface area (Å²) in [6, 6.07) is 9.18. The molecule has 0 saturated carbocycles. The van der Waals surface area contributed by atoms with Crippen molar-refractivity contribution in [2.24, 2.45) is 0 Å². The number of amides is 1. The van der Waals surface area contributed by atoms with E-state index in [1.165, 1.54) is 6.07 Å². The number of pyridine rings is 2. The van der Waals surface area contributed by atoms with Crippen molar-refractivity contribution >= 4 is 28.5 Å². The van der Waals surface area contributed by atoms with Crippen molar-refractivity contribution in [1.29, 1.82) is 0 Å². The number of cyclic esters (lactones) is 1. The van der Waals surface area contributed by atoms with Crippen molar-refractivity contribution < 1.29 is 23.8 Å². The molecule has 2 aliphatic heterocycles. The summed E-state index contributed by atoms with van der Waals surface area (Å²) in [5.74, 6) is -1.86. The molecule has 4 aromatic rings. The molecule has 1 aliphatic carbocycles. The molecule has 214 valence electrons. The van der Waals surface area contributed by atoms with Crippen LogP contribution in [0.3, 0.4) is 0 Å². The highest BCUT2D eigenvalue weighted by molar-refractivity contribution is 5.94. The van der Waals surface area contributed by atoms with E-state index in [1.54, 1.807) is 35.8 Å². The fourth-order valence-electron chi connectivity index (χ4n) is 6.80. The molecule has 0 fully saturated rings. The van der Waals surface area contributed by atoms with Crippen molar-refractivity contribution in [3.8, 4) is 11.4 Å². The Labute approximate surface area is 240 Å². The van der Waals surface area contributed by atoms with Gasteiger partial charge in [-0.1, -0.05) is 19.1 Å². The number of halogens is 1. The highest BCUT2D eigenvalue weighted by Crippen LogP contribution is 2.45. The lowest BCUT2D eigenvalue weighted by Crippen LogP contribution is -2.35. The van der Waals surface area contributed by atoms with Crippen LogP contribution < -0.4 is 16.6 Å². The van der Waals surface area contributed by atoms with Crippen molar-refractivity contribution in [2.45, 2.75) is 64.3 Å². The van der Waals surface area contributed by atoms with Gasteiger partial charge in [0.1, 0.15) is 12.4 Å². The van der Waals surface area contributed by atoms with Gasteiger partial charge in [-0.3, -0.25) is 14.4 Å². The molecule has 0 radical (unpaired) electrons. The van der Waals surface area contributed by atoms with Crippen LogP contribution in [-0.2, 0) is 33.9 Å². The number of aliphatic hydroxyl groups is 1. The maximum atomic E-state index is 15.1. The number of aryl methyl sites for hydroxylation is 1. The maximum Gasteiger partial charge on any atom is 0.313 e. The van der Waals surface area contributed by atoms with Gasteiger partial charge >= 0.3 is 5.97 Å². The molecule has 10 heteroatoms. The van der Waals surface area contributed by atoms with Gasteiger partial charge in [-0.25, -0.2) is 9.37 Å². The van der Waals surface area contributed by atoms with Gasteiger partial charge in [0, 0.05) is 22.7 Å². The van der Waals surface area contributed by atoms with Crippen molar-refractivity contribution in [2.75, 3.05) is 5.73 Å². The second kappa shape index (κ2) is 9.49. The molecular formula is C32H29FN4O5. The molecule has 3 atom stereocenters. The summed E-state index contributed by atoms with van der Waals surface area (Å²) in [4.78, 5) is 44.4.